The third-order valence-electron chi connectivity index (χ3n) is 1.84. The number of rotatable bonds is 8. The van der Waals surface area contributed by atoms with E-state index in [9.17, 15) is 43.9 Å². The minimum atomic E-state index is -4.80. The van der Waals surface area contributed by atoms with E-state index in [1.807, 2.05) is 0 Å². The molecule has 0 rings (SSSR count). The first-order chi connectivity index (χ1) is 8.42. The van der Waals surface area contributed by atoms with Crippen molar-refractivity contribution < 1.29 is 48.6 Å². The van der Waals surface area contributed by atoms with Gasteiger partial charge in [-0.1, -0.05) is 0 Å². The van der Waals surface area contributed by atoms with Crippen LogP contribution in [0.4, 0.5) is 43.9 Å². The van der Waals surface area contributed by atoms with Crippen molar-refractivity contribution in [1.29, 1.82) is 0 Å². The van der Waals surface area contributed by atoms with E-state index in [4.69, 9.17) is 0 Å². The molecule has 0 heterocycles. The molecule has 0 radical (unpaired) electrons. The Morgan fingerprint density at radius 2 is 0.895 bits per heavy atom. The molecule has 0 aliphatic heterocycles. The first kappa shape index (κ1) is 18.3. The van der Waals surface area contributed by atoms with Crippen LogP contribution in [0.2, 0.25) is 0 Å². The van der Waals surface area contributed by atoms with Crippen molar-refractivity contribution in [3.63, 3.8) is 0 Å². The van der Waals surface area contributed by atoms with Gasteiger partial charge in [0, 0.05) is 0 Å². The predicted molar refractivity (Wildman–Crippen MR) is 42.5 cm³/mol. The molecule has 0 amide bonds. The summed E-state index contributed by atoms with van der Waals surface area (Å²) in [6.45, 7) is -4.44. The zero-order valence-corrected chi connectivity index (χ0v) is 8.91. The maximum Gasteiger partial charge on any atom is 0.307 e. The van der Waals surface area contributed by atoms with Crippen molar-refractivity contribution in [2.45, 2.75) is 37.0 Å². The predicted octanol–water partition coefficient (Wildman–Crippen LogP) is 3.48. The van der Waals surface area contributed by atoms with Gasteiger partial charge in [0.15, 0.2) is 0 Å². The second-order valence-electron chi connectivity index (χ2n) is 3.49. The van der Waals surface area contributed by atoms with Crippen LogP contribution in [-0.4, -0.2) is 50.3 Å². The molecule has 0 saturated heterocycles. The van der Waals surface area contributed by atoms with Gasteiger partial charge in [-0.05, 0) is 0 Å². The summed E-state index contributed by atoms with van der Waals surface area (Å²) in [6, 6.07) is 0. The fourth-order valence-electron chi connectivity index (χ4n) is 0.851. The summed E-state index contributed by atoms with van der Waals surface area (Å²) < 4.78 is 125. The van der Waals surface area contributed by atoms with Crippen LogP contribution in [-0.2, 0) is 4.74 Å². The molecule has 0 saturated carbocycles. The lowest BCUT2D eigenvalue weighted by Gasteiger charge is -2.23. The fraction of sp³-hybridized carbons (Fsp3) is 1.00. The van der Waals surface area contributed by atoms with Crippen molar-refractivity contribution in [2.24, 2.45) is 0 Å². The topological polar surface area (TPSA) is 9.23 Å². The van der Waals surface area contributed by atoms with E-state index in [2.05, 4.69) is 4.74 Å². The molecule has 0 spiro atoms. The van der Waals surface area contributed by atoms with E-state index in [1.54, 1.807) is 0 Å². The van der Waals surface area contributed by atoms with Crippen molar-refractivity contribution in [1.82, 2.24) is 0 Å². The zero-order valence-electron chi connectivity index (χ0n) is 8.91. The van der Waals surface area contributed by atoms with Gasteiger partial charge in [0.25, 0.3) is 12.9 Å². The Hall–Kier alpha value is -0.740. The molecule has 0 aromatic carbocycles. The van der Waals surface area contributed by atoms with Crippen LogP contribution in [0.3, 0.4) is 0 Å². The van der Waals surface area contributed by atoms with Gasteiger partial charge in [-0.2, -0.15) is 0 Å². The molecule has 0 N–H and O–H groups in total. The van der Waals surface area contributed by atoms with Gasteiger partial charge in [-0.3, -0.25) is 0 Å². The first-order valence-corrected chi connectivity index (χ1v) is 4.59. The van der Waals surface area contributed by atoms with E-state index in [0.717, 1.165) is 0 Å². The minimum Gasteiger partial charge on any atom is -0.369 e. The van der Waals surface area contributed by atoms with E-state index in [-0.39, 0.29) is 0 Å². The van der Waals surface area contributed by atoms with Crippen molar-refractivity contribution in [3.05, 3.63) is 0 Å². The molecule has 19 heavy (non-hydrogen) atoms. The van der Waals surface area contributed by atoms with Gasteiger partial charge in [0.1, 0.15) is 13.2 Å². The molecular formula is C8H8F10O. The molecule has 0 bridgehead atoms. The molecule has 0 aliphatic rings. The summed E-state index contributed by atoms with van der Waals surface area (Å²) in [5, 5.41) is 0. The molecule has 11 heteroatoms. The quantitative estimate of drug-likeness (QED) is 0.624. The lowest BCUT2D eigenvalue weighted by Crippen LogP contribution is -2.44. The summed E-state index contributed by atoms with van der Waals surface area (Å²) in [5.41, 5.74) is 0. The monoisotopic (exact) mass is 310 g/mol. The fourth-order valence-corrected chi connectivity index (χ4v) is 0.851. The number of hydrogen-bond donors (Lipinski definition) is 0. The van der Waals surface area contributed by atoms with E-state index in [1.165, 1.54) is 0 Å². The average Bonchev–Trinajstić information content (AvgIpc) is 2.25. The van der Waals surface area contributed by atoms with Crippen molar-refractivity contribution in [2.75, 3.05) is 13.2 Å². The highest BCUT2D eigenvalue weighted by Gasteiger charge is 2.49. The average molecular weight is 310 g/mol. The second-order valence-corrected chi connectivity index (χ2v) is 3.49. The molecule has 2 atom stereocenters. The van der Waals surface area contributed by atoms with Gasteiger partial charge in [-0.25, -0.2) is 43.9 Å². The van der Waals surface area contributed by atoms with Crippen LogP contribution in [0, 0.1) is 0 Å². The lowest BCUT2D eigenvalue weighted by molar-refractivity contribution is -0.199. The Balaban J connectivity index is 4.36. The van der Waals surface area contributed by atoms with Crippen LogP contribution < -0.4 is 0 Å². The number of ether oxygens (including phenoxy) is 1. The SMILES string of the molecule is FC(F)C(F)C(F)(F)COCC(F)(F)C(F)C(F)F. The molecule has 0 aromatic rings. The molecule has 0 aromatic heterocycles. The highest BCUT2D eigenvalue weighted by Crippen LogP contribution is 2.30. The zero-order chi connectivity index (χ0) is 15.4. The molecule has 2 unspecified atom stereocenters. The summed E-state index contributed by atoms with van der Waals surface area (Å²) in [7, 11) is 0. The van der Waals surface area contributed by atoms with Gasteiger partial charge < -0.3 is 4.74 Å². The number of alkyl halides is 10. The molecular weight excluding hydrogens is 302 g/mol. The van der Waals surface area contributed by atoms with Crippen LogP contribution >= 0.6 is 0 Å². The smallest absolute Gasteiger partial charge is 0.307 e. The maximum atomic E-state index is 12.5. The summed E-state index contributed by atoms with van der Waals surface area (Å²) in [4.78, 5) is 0. The standard InChI is InChI=1S/C8H8F10O/c9-3(5(11)12)7(15,16)1-19-2-8(17,18)4(10)6(13)14/h3-6H,1-2H2. The molecule has 1 nitrogen and oxygen atoms in total. The van der Waals surface area contributed by atoms with Crippen LogP contribution in [0.5, 0.6) is 0 Å². The van der Waals surface area contributed by atoms with E-state index in [0.29, 0.717) is 0 Å². The van der Waals surface area contributed by atoms with E-state index >= 15 is 0 Å². The summed E-state index contributed by atoms with van der Waals surface area (Å²) in [5.74, 6) is -9.61. The highest BCUT2D eigenvalue weighted by molar-refractivity contribution is 4.81. The minimum absolute atomic E-state index is 2.22. The molecule has 116 valence electrons. The first-order valence-electron chi connectivity index (χ1n) is 4.59. The summed E-state index contributed by atoms with van der Waals surface area (Å²) in [6.07, 6.45) is -16.1. The Labute approximate surface area is 100 Å². The van der Waals surface area contributed by atoms with E-state index < -0.39 is 50.3 Å². The maximum absolute atomic E-state index is 12.5. The third-order valence-corrected chi connectivity index (χ3v) is 1.84. The highest BCUT2D eigenvalue weighted by atomic mass is 19.3. The Bertz CT molecular complexity index is 242. The molecule has 0 fully saturated rings. The van der Waals surface area contributed by atoms with Crippen molar-refractivity contribution >= 4 is 0 Å². The van der Waals surface area contributed by atoms with Gasteiger partial charge in [0.05, 0.1) is 0 Å². The van der Waals surface area contributed by atoms with Gasteiger partial charge >= 0.3 is 11.8 Å². The van der Waals surface area contributed by atoms with Crippen LogP contribution in [0.1, 0.15) is 0 Å². The lowest BCUT2D eigenvalue weighted by atomic mass is 10.2. The van der Waals surface area contributed by atoms with Gasteiger partial charge in [-0.15, -0.1) is 0 Å². The second kappa shape index (κ2) is 6.62. The largest absolute Gasteiger partial charge is 0.369 e. The summed E-state index contributed by atoms with van der Waals surface area (Å²) >= 11 is 0. The Morgan fingerprint density at radius 3 is 1.11 bits per heavy atom. The number of hydrogen-bond acceptors (Lipinski definition) is 1. The van der Waals surface area contributed by atoms with Crippen LogP contribution in [0.15, 0.2) is 0 Å². The molecule has 0 aliphatic carbocycles. The third kappa shape index (κ3) is 5.41. The van der Waals surface area contributed by atoms with Crippen LogP contribution in [0.25, 0.3) is 0 Å². The Kier molecular flexibility index (Phi) is 6.36. The normalized spacial score (nSPS) is 17.1. The number of halogens is 10. The van der Waals surface area contributed by atoms with Crippen molar-refractivity contribution in [3.8, 4) is 0 Å². The van der Waals surface area contributed by atoms with Gasteiger partial charge in [0.2, 0.25) is 12.3 Å². The Morgan fingerprint density at radius 1 is 0.632 bits per heavy atom.